The van der Waals surface area contributed by atoms with Crippen molar-refractivity contribution in [2.45, 2.75) is 431 Å². The van der Waals surface area contributed by atoms with Gasteiger partial charge in [-0.05, 0) is 70.6 Å². The quantitative estimate of drug-likeness (QED) is 0.0261. The molecule has 0 saturated heterocycles. The van der Waals surface area contributed by atoms with Crippen molar-refractivity contribution in [2.24, 2.45) is 0 Å². The predicted octanol–water partition coefficient (Wildman–Crippen LogP) is 25.7. The van der Waals surface area contributed by atoms with Crippen LogP contribution < -0.4 is 0 Å². The monoisotopic (exact) mass is 1150 g/mol. The zero-order chi connectivity index (χ0) is 59.2. The fourth-order valence-corrected chi connectivity index (χ4v) is 11.6. The molecule has 1 atom stereocenters. The van der Waals surface area contributed by atoms with E-state index in [1.807, 2.05) is 0 Å². The highest BCUT2D eigenvalue weighted by molar-refractivity contribution is 5.71. The zero-order valence-electron chi connectivity index (χ0n) is 55.8. The van der Waals surface area contributed by atoms with Crippen molar-refractivity contribution in [1.29, 1.82) is 0 Å². The van der Waals surface area contributed by atoms with Crippen molar-refractivity contribution in [2.75, 3.05) is 13.2 Å². The molecule has 0 aromatic heterocycles. The van der Waals surface area contributed by atoms with Crippen LogP contribution in [-0.2, 0) is 28.6 Å². The first-order valence-corrected chi connectivity index (χ1v) is 37.3. The van der Waals surface area contributed by atoms with E-state index in [0.717, 1.165) is 64.2 Å². The predicted molar refractivity (Wildman–Crippen MR) is 358 cm³/mol. The second kappa shape index (κ2) is 71.4. The molecule has 0 aromatic carbocycles. The number of hydrogen-bond donors (Lipinski definition) is 0. The third-order valence-electron chi connectivity index (χ3n) is 17.2. The molecule has 0 bridgehead atoms. The summed E-state index contributed by atoms with van der Waals surface area (Å²) < 4.78 is 17.0. The number of esters is 3. The van der Waals surface area contributed by atoms with E-state index in [0.29, 0.717) is 19.3 Å². The van der Waals surface area contributed by atoms with Crippen molar-refractivity contribution in [3.8, 4) is 0 Å². The second-order valence-electron chi connectivity index (χ2n) is 25.6. The molecular formula is C76H144O6. The van der Waals surface area contributed by atoms with Gasteiger partial charge in [-0.3, -0.25) is 14.4 Å². The summed E-state index contributed by atoms with van der Waals surface area (Å²) in [6, 6.07) is 0. The van der Waals surface area contributed by atoms with Gasteiger partial charge < -0.3 is 14.2 Å². The Labute approximate surface area is 513 Å². The lowest BCUT2D eigenvalue weighted by atomic mass is 10.0. The van der Waals surface area contributed by atoms with Crippen molar-refractivity contribution in [3.05, 3.63) is 24.3 Å². The van der Waals surface area contributed by atoms with Crippen molar-refractivity contribution < 1.29 is 28.6 Å². The van der Waals surface area contributed by atoms with E-state index in [1.54, 1.807) is 0 Å². The molecule has 0 heterocycles. The standard InChI is InChI=1S/C76H144O6/c1-4-7-10-13-16-19-22-25-28-30-32-34-35-36-37-38-39-40-41-42-44-45-48-51-54-57-60-63-66-69-75(78)81-72-73(71-80-74(77)68-65-62-59-56-53-50-47-27-24-21-18-15-12-9-6-3)82-76(79)70-67-64-61-58-55-52-49-46-43-33-31-29-26-23-20-17-14-11-8-5-2/h27,30,32,47,73H,4-26,28-29,31,33-46,48-72H2,1-3H3/b32-30-,47-27-. The lowest BCUT2D eigenvalue weighted by Gasteiger charge is -2.18. The first kappa shape index (κ1) is 79.9. The summed E-state index contributed by atoms with van der Waals surface area (Å²) in [5, 5.41) is 0. The van der Waals surface area contributed by atoms with Crippen LogP contribution in [0.1, 0.15) is 425 Å². The fraction of sp³-hybridized carbons (Fsp3) is 0.908. The van der Waals surface area contributed by atoms with E-state index in [9.17, 15) is 14.4 Å². The first-order chi connectivity index (χ1) is 40.5. The average molecular weight is 1150 g/mol. The van der Waals surface area contributed by atoms with Crippen LogP contribution in [-0.4, -0.2) is 37.2 Å². The van der Waals surface area contributed by atoms with Crippen LogP contribution in [0, 0.1) is 0 Å². The molecule has 0 amide bonds. The van der Waals surface area contributed by atoms with Gasteiger partial charge in [0.2, 0.25) is 0 Å². The topological polar surface area (TPSA) is 78.9 Å². The average Bonchev–Trinajstić information content (AvgIpc) is 3.47. The van der Waals surface area contributed by atoms with Gasteiger partial charge in [0.1, 0.15) is 13.2 Å². The third-order valence-corrected chi connectivity index (χ3v) is 17.2. The van der Waals surface area contributed by atoms with Crippen LogP contribution in [0.25, 0.3) is 0 Å². The lowest BCUT2D eigenvalue weighted by molar-refractivity contribution is -0.167. The second-order valence-corrected chi connectivity index (χ2v) is 25.6. The zero-order valence-corrected chi connectivity index (χ0v) is 55.8. The number of carbonyl (C=O) groups is 3. The Morgan fingerprint density at radius 1 is 0.232 bits per heavy atom. The van der Waals surface area contributed by atoms with Gasteiger partial charge in [-0.25, -0.2) is 0 Å². The van der Waals surface area contributed by atoms with E-state index >= 15 is 0 Å². The van der Waals surface area contributed by atoms with Crippen molar-refractivity contribution in [1.82, 2.24) is 0 Å². The van der Waals surface area contributed by atoms with E-state index in [2.05, 4.69) is 45.1 Å². The van der Waals surface area contributed by atoms with Gasteiger partial charge in [-0.1, -0.05) is 360 Å². The molecule has 0 aliphatic carbocycles. The molecule has 0 N–H and O–H groups in total. The molecule has 0 aromatic rings. The SMILES string of the molecule is CCCCCCCC/C=C\CCCCCCCC(=O)OCC(COC(=O)CCCCCCCCCCCCCCCCCCC/C=C\CCCCCCCCCC)OC(=O)CCCCCCCCCCCCCCCCCCCCCC. The van der Waals surface area contributed by atoms with Crippen molar-refractivity contribution >= 4 is 17.9 Å². The van der Waals surface area contributed by atoms with E-state index in [-0.39, 0.29) is 31.1 Å². The summed E-state index contributed by atoms with van der Waals surface area (Å²) in [5.41, 5.74) is 0. The van der Waals surface area contributed by atoms with Gasteiger partial charge in [0, 0.05) is 19.3 Å². The molecular weight excluding hydrogens is 1010 g/mol. The van der Waals surface area contributed by atoms with E-state index < -0.39 is 6.10 Å². The number of unbranched alkanes of at least 4 members (excludes halogenated alkanes) is 55. The minimum atomic E-state index is -0.772. The Hall–Kier alpha value is -2.11. The first-order valence-electron chi connectivity index (χ1n) is 37.3. The van der Waals surface area contributed by atoms with Crippen LogP contribution in [0.3, 0.4) is 0 Å². The minimum Gasteiger partial charge on any atom is -0.462 e. The maximum atomic E-state index is 13.0. The number of hydrogen-bond acceptors (Lipinski definition) is 6. The molecule has 6 nitrogen and oxygen atoms in total. The molecule has 0 rings (SSSR count). The highest BCUT2D eigenvalue weighted by Crippen LogP contribution is 2.19. The summed E-state index contributed by atoms with van der Waals surface area (Å²) >= 11 is 0. The van der Waals surface area contributed by atoms with Gasteiger partial charge in [0.15, 0.2) is 6.10 Å². The highest BCUT2D eigenvalue weighted by atomic mass is 16.6. The molecule has 1 unspecified atom stereocenters. The number of rotatable bonds is 70. The molecule has 6 heteroatoms. The number of ether oxygens (including phenoxy) is 3. The van der Waals surface area contributed by atoms with Gasteiger partial charge in [0.05, 0.1) is 0 Å². The Morgan fingerprint density at radius 2 is 0.402 bits per heavy atom. The van der Waals surface area contributed by atoms with Crippen LogP contribution in [0.15, 0.2) is 24.3 Å². The molecule has 0 saturated carbocycles. The Balaban J connectivity index is 4.20. The molecule has 0 radical (unpaired) electrons. The van der Waals surface area contributed by atoms with E-state index in [4.69, 9.17) is 14.2 Å². The molecule has 82 heavy (non-hydrogen) atoms. The Kier molecular flexibility index (Phi) is 69.5. The highest BCUT2D eigenvalue weighted by Gasteiger charge is 2.20. The van der Waals surface area contributed by atoms with Crippen LogP contribution in [0.2, 0.25) is 0 Å². The van der Waals surface area contributed by atoms with Gasteiger partial charge >= 0.3 is 17.9 Å². The van der Waals surface area contributed by atoms with E-state index in [1.165, 1.54) is 321 Å². The summed E-state index contributed by atoms with van der Waals surface area (Å²) in [6.45, 7) is 6.72. The molecule has 0 fully saturated rings. The molecule has 484 valence electrons. The Bertz CT molecular complexity index is 1320. The molecule has 0 spiro atoms. The smallest absolute Gasteiger partial charge is 0.306 e. The van der Waals surface area contributed by atoms with Crippen LogP contribution in [0.5, 0.6) is 0 Å². The fourth-order valence-electron chi connectivity index (χ4n) is 11.6. The van der Waals surface area contributed by atoms with Crippen molar-refractivity contribution in [3.63, 3.8) is 0 Å². The van der Waals surface area contributed by atoms with Crippen LogP contribution in [0.4, 0.5) is 0 Å². The summed E-state index contributed by atoms with van der Waals surface area (Å²) in [4.78, 5) is 38.5. The molecule has 0 aliphatic heterocycles. The molecule has 0 aliphatic rings. The minimum absolute atomic E-state index is 0.0672. The summed E-state index contributed by atoms with van der Waals surface area (Å²) in [5.74, 6) is -0.841. The maximum Gasteiger partial charge on any atom is 0.306 e. The van der Waals surface area contributed by atoms with Gasteiger partial charge in [-0.2, -0.15) is 0 Å². The third kappa shape index (κ3) is 68.7. The maximum absolute atomic E-state index is 13.0. The largest absolute Gasteiger partial charge is 0.462 e. The number of allylic oxidation sites excluding steroid dienone is 4. The number of carbonyl (C=O) groups excluding carboxylic acids is 3. The van der Waals surface area contributed by atoms with Crippen LogP contribution >= 0.6 is 0 Å². The summed E-state index contributed by atoms with van der Waals surface area (Å²) in [6.07, 6.45) is 87.9. The van der Waals surface area contributed by atoms with Gasteiger partial charge in [-0.15, -0.1) is 0 Å². The summed E-state index contributed by atoms with van der Waals surface area (Å²) in [7, 11) is 0. The lowest BCUT2D eigenvalue weighted by Crippen LogP contribution is -2.30. The Morgan fingerprint density at radius 3 is 0.610 bits per heavy atom. The van der Waals surface area contributed by atoms with Gasteiger partial charge in [0.25, 0.3) is 0 Å². The normalized spacial score (nSPS) is 12.1.